The van der Waals surface area contributed by atoms with Crippen LogP contribution < -0.4 is 10.2 Å². The molecule has 1 aromatic rings. The molecule has 1 aliphatic carbocycles. The highest BCUT2D eigenvalue weighted by molar-refractivity contribution is 6.52. The minimum absolute atomic E-state index is 0.0153. The summed E-state index contributed by atoms with van der Waals surface area (Å²) in [7, 11) is 0. The Labute approximate surface area is 155 Å². The van der Waals surface area contributed by atoms with Gasteiger partial charge >= 0.3 is 0 Å². The third-order valence-electron chi connectivity index (χ3n) is 5.81. The number of para-hydroxylation sites is 1. The summed E-state index contributed by atoms with van der Waals surface area (Å²) in [5, 5.41) is 3.17. The van der Waals surface area contributed by atoms with Crippen molar-refractivity contribution in [2.75, 3.05) is 4.90 Å². The van der Waals surface area contributed by atoms with Gasteiger partial charge in [-0.3, -0.25) is 19.3 Å². The fourth-order valence-corrected chi connectivity index (χ4v) is 4.30. The van der Waals surface area contributed by atoms with Crippen molar-refractivity contribution in [1.82, 2.24) is 5.32 Å². The number of Topliss-reactive ketones (excluding diaryl/α,β-unsaturated/α-hetero) is 1. The lowest BCUT2D eigenvalue weighted by Crippen LogP contribution is -2.55. The molecule has 0 aromatic heterocycles. The Morgan fingerprint density at radius 1 is 1.12 bits per heavy atom. The first kappa shape index (κ1) is 18.6. The normalized spacial score (nSPS) is 19.0. The molecule has 1 heterocycles. The van der Waals surface area contributed by atoms with Gasteiger partial charge in [-0.15, -0.1) is 0 Å². The van der Waals surface area contributed by atoms with E-state index in [1.165, 1.54) is 11.3 Å². The van der Waals surface area contributed by atoms with Crippen molar-refractivity contribution < 1.29 is 14.4 Å². The van der Waals surface area contributed by atoms with E-state index < -0.39 is 17.7 Å². The fourth-order valence-electron chi connectivity index (χ4n) is 4.30. The number of nitrogens with one attached hydrogen (secondary N) is 1. The molecule has 0 saturated heterocycles. The highest BCUT2D eigenvalue weighted by Crippen LogP contribution is 2.34. The summed E-state index contributed by atoms with van der Waals surface area (Å²) in [4.78, 5) is 39.8. The number of hydrogen-bond donors (Lipinski definition) is 1. The minimum Gasteiger partial charge on any atom is -0.352 e. The van der Waals surface area contributed by atoms with Crippen LogP contribution in [0, 0.1) is 5.92 Å². The van der Waals surface area contributed by atoms with Crippen molar-refractivity contribution in [1.29, 1.82) is 0 Å². The molecular formula is C21H28N2O3. The maximum atomic E-state index is 13.2. The molecule has 0 spiro atoms. The Balaban J connectivity index is 1.92. The van der Waals surface area contributed by atoms with E-state index in [2.05, 4.69) is 5.32 Å². The number of ketones is 1. The molecule has 140 valence electrons. The zero-order chi connectivity index (χ0) is 18.7. The van der Waals surface area contributed by atoms with E-state index in [1.807, 2.05) is 13.8 Å². The van der Waals surface area contributed by atoms with Gasteiger partial charge in [0.25, 0.3) is 11.7 Å². The van der Waals surface area contributed by atoms with E-state index in [-0.39, 0.29) is 17.9 Å². The first-order valence-corrected chi connectivity index (χ1v) is 9.85. The lowest BCUT2D eigenvalue weighted by molar-refractivity contribution is -0.127. The fraction of sp³-hybridized carbons (Fsp3) is 0.571. The molecule has 5 nitrogen and oxygen atoms in total. The van der Waals surface area contributed by atoms with Crippen LogP contribution in [-0.2, 0) is 9.59 Å². The number of benzene rings is 1. The highest BCUT2D eigenvalue weighted by Gasteiger charge is 2.44. The summed E-state index contributed by atoms with van der Waals surface area (Å²) >= 11 is 0. The van der Waals surface area contributed by atoms with Crippen molar-refractivity contribution in [3.05, 3.63) is 29.8 Å². The monoisotopic (exact) mass is 356 g/mol. The topological polar surface area (TPSA) is 66.5 Å². The zero-order valence-electron chi connectivity index (χ0n) is 15.7. The average molecular weight is 356 g/mol. The molecule has 1 unspecified atom stereocenters. The Kier molecular flexibility index (Phi) is 5.74. The molecule has 1 N–H and O–H groups in total. The van der Waals surface area contributed by atoms with Gasteiger partial charge in [-0.2, -0.15) is 0 Å². The van der Waals surface area contributed by atoms with E-state index in [0.717, 1.165) is 38.5 Å². The maximum Gasteiger partial charge on any atom is 0.300 e. The number of amides is 2. The van der Waals surface area contributed by atoms with Gasteiger partial charge in [-0.1, -0.05) is 58.1 Å². The van der Waals surface area contributed by atoms with Gasteiger partial charge in [0.2, 0.25) is 5.91 Å². The summed E-state index contributed by atoms with van der Waals surface area (Å²) in [6.07, 6.45) is 7.01. The third-order valence-corrected chi connectivity index (χ3v) is 5.81. The number of fused-ring (bicyclic) bond motifs is 1. The lowest BCUT2D eigenvalue weighted by Gasteiger charge is -2.34. The molecular weight excluding hydrogens is 328 g/mol. The largest absolute Gasteiger partial charge is 0.352 e. The van der Waals surface area contributed by atoms with Gasteiger partial charge in [0.1, 0.15) is 6.04 Å². The minimum atomic E-state index is -0.632. The zero-order valence-corrected chi connectivity index (χ0v) is 15.7. The molecule has 0 radical (unpaired) electrons. The van der Waals surface area contributed by atoms with Gasteiger partial charge in [0, 0.05) is 6.04 Å². The predicted molar refractivity (Wildman–Crippen MR) is 101 cm³/mol. The molecule has 2 aliphatic rings. The quantitative estimate of drug-likeness (QED) is 0.794. The molecule has 2 amide bonds. The standard InChI is InChI=1S/C21H28N2O3/c1-3-14(4-2)18(20(25)22-15-10-6-5-7-11-15)23-17-13-9-8-12-16(17)19(24)21(23)26/h8-9,12-15,18H,3-7,10-11H2,1-2H3,(H,22,25). The Bertz CT molecular complexity index is 690. The van der Waals surface area contributed by atoms with Crippen LogP contribution >= 0.6 is 0 Å². The van der Waals surface area contributed by atoms with E-state index in [1.54, 1.807) is 24.3 Å². The molecule has 0 bridgehead atoms. The molecule has 1 aliphatic heterocycles. The number of rotatable bonds is 6. The van der Waals surface area contributed by atoms with Crippen LogP contribution in [0.5, 0.6) is 0 Å². The first-order valence-electron chi connectivity index (χ1n) is 9.85. The molecule has 26 heavy (non-hydrogen) atoms. The molecule has 1 saturated carbocycles. The SMILES string of the molecule is CCC(CC)C(C(=O)NC1CCCCC1)N1C(=O)C(=O)c2ccccc21. The smallest absolute Gasteiger partial charge is 0.300 e. The van der Waals surface area contributed by atoms with E-state index in [4.69, 9.17) is 0 Å². The van der Waals surface area contributed by atoms with Crippen molar-refractivity contribution in [2.24, 2.45) is 5.92 Å². The Morgan fingerprint density at radius 2 is 1.77 bits per heavy atom. The van der Waals surface area contributed by atoms with Gasteiger partial charge in [0.15, 0.2) is 0 Å². The number of anilines is 1. The molecule has 1 fully saturated rings. The van der Waals surface area contributed by atoms with Gasteiger partial charge < -0.3 is 5.32 Å². The van der Waals surface area contributed by atoms with Gasteiger partial charge in [-0.05, 0) is 30.9 Å². The third kappa shape index (κ3) is 3.39. The second kappa shape index (κ2) is 8.02. The predicted octanol–water partition coefficient (Wildman–Crippen LogP) is 3.47. The number of carbonyl (C=O) groups excluding carboxylic acids is 3. The second-order valence-corrected chi connectivity index (χ2v) is 7.39. The van der Waals surface area contributed by atoms with Crippen LogP contribution in [0.1, 0.15) is 69.2 Å². The van der Waals surface area contributed by atoms with Crippen LogP contribution in [0.25, 0.3) is 0 Å². The van der Waals surface area contributed by atoms with Crippen LogP contribution in [-0.4, -0.2) is 29.7 Å². The van der Waals surface area contributed by atoms with Crippen LogP contribution in [0.15, 0.2) is 24.3 Å². The Morgan fingerprint density at radius 3 is 2.42 bits per heavy atom. The van der Waals surface area contributed by atoms with Gasteiger partial charge in [-0.25, -0.2) is 0 Å². The summed E-state index contributed by atoms with van der Waals surface area (Å²) in [6, 6.07) is 6.53. The lowest BCUT2D eigenvalue weighted by atomic mass is 9.90. The molecule has 5 heteroatoms. The molecule has 1 aromatic carbocycles. The number of hydrogen-bond acceptors (Lipinski definition) is 3. The van der Waals surface area contributed by atoms with Crippen LogP contribution in [0.3, 0.4) is 0 Å². The summed E-state index contributed by atoms with van der Waals surface area (Å²) in [6.45, 7) is 4.06. The first-order chi connectivity index (χ1) is 12.6. The molecule has 3 rings (SSSR count). The van der Waals surface area contributed by atoms with E-state index in [0.29, 0.717) is 11.3 Å². The number of carbonyl (C=O) groups is 3. The van der Waals surface area contributed by atoms with E-state index >= 15 is 0 Å². The van der Waals surface area contributed by atoms with Gasteiger partial charge in [0.05, 0.1) is 11.3 Å². The van der Waals surface area contributed by atoms with Crippen molar-refractivity contribution in [3.8, 4) is 0 Å². The van der Waals surface area contributed by atoms with Crippen molar-refractivity contribution >= 4 is 23.3 Å². The second-order valence-electron chi connectivity index (χ2n) is 7.39. The molecule has 1 atom stereocenters. The Hall–Kier alpha value is -2.17. The summed E-state index contributed by atoms with van der Waals surface area (Å²) < 4.78 is 0. The summed E-state index contributed by atoms with van der Waals surface area (Å²) in [5.41, 5.74) is 0.970. The maximum absolute atomic E-state index is 13.2. The van der Waals surface area contributed by atoms with Crippen LogP contribution in [0.4, 0.5) is 5.69 Å². The van der Waals surface area contributed by atoms with Crippen LogP contribution in [0.2, 0.25) is 0 Å². The van der Waals surface area contributed by atoms with Crippen molar-refractivity contribution in [3.63, 3.8) is 0 Å². The highest BCUT2D eigenvalue weighted by atomic mass is 16.2. The van der Waals surface area contributed by atoms with E-state index in [9.17, 15) is 14.4 Å². The number of nitrogens with zero attached hydrogens (tertiary/aromatic N) is 1. The van der Waals surface area contributed by atoms with Crippen molar-refractivity contribution in [2.45, 2.75) is 70.9 Å². The average Bonchev–Trinajstić information content (AvgIpc) is 2.91. The summed E-state index contributed by atoms with van der Waals surface area (Å²) in [5.74, 6) is -1.20.